The fraction of sp³-hybridized carbons (Fsp3) is 0.182. The van der Waals surface area contributed by atoms with E-state index >= 15 is 0 Å². The predicted octanol–water partition coefficient (Wildman–Crippen LogP) is 1.84. The van der Waals surface area contributed by atoms with E-state index in [0.29, 0.717) is 0 Å². The molecule has 0 aliphatic carbocycles. The summed E-state index contributed by atoms with van der Waals surface area (Å²) in [6, 6.07) is 7.83. The van der Waals surface area contributed by atoms with Crippen molar-refractivity contribution in [2.75, 3.05) is 0 Å². The van der Waals surface area contributed by atoms with Gasteiger partial charge in [0.05, 0.1) is 11.0 Å². The average molecular weight is 198 g/mol. The van der Waals surface area contributed by atoms with Crippen molar-refractivity contribution in [1.82, 2.24) is 19.6 Å². The largest absolute Gasteiger partial charge is 0.255 e. The van der Waals surface area contributed by atoms with Gasteiger partial charge in [0.1, 0.15) is 0 Å². The zero-order chi connectivity index (χ0) is 10.3. The van der Waals surface area contributed by atoms with Crippen molar-refractivity contribution in [2.24, 2.45) is 0 Å². The lowest BCUT2D eigenvalue weighted by Gasteiger charge is -1.97. The molecule has 15 heavy (non-hydrogen) atoms. The Morgan fingerprint density at radius 3 is 3.07 bits per heavy atom. The van der Waals surface area contributed by atoms with Gasteiger partial charge in [-0.25, -0.2) is 9.50 Å². The van der Waals surface area contributed by atoms with Crippen LogP contribution >= 0.6 is 0 Å². The van der Waals surface area contributed by atoms with Gasteiger partial charge in [-0.1, -0.05) is 6.92 Å². The number of nitrogens with zero attached hydrogens (tertiary/aromatic N) is 4. The van der Waals surface area contributed by atoms with E-state index < -0.39 is 0 Å². The van der Waals surface area contributed by atoms with Crippen molar-refractivity contribution >= 4 is 16.7 Å². The highest BCUT2D eigenvalue weighted by Gasteiger charge is 2.04. The van der Waals surface area contributed by atoms with Crippen LogP contribution in [0.1, 0.15) is 12.7 Å². The molecular weight excluding hydrogens is 188 g/mol. The maximum absolute atomic E-state index is 4.42. The van der Waals surface area contributed by atoms with Crippen LogP contribution in [0, 0.1) is 0 Å². The number of rotatable bonds is 1. The zero-order valence-corrected chi connectivity index (χ0v) is 8.38. The lowest BCUT2D eigenvalue weighted by atomic mass is 10.3. The lowest BCUT2D eigenvalue weighted by molar-refractivity contribution is 0.906. The summed E-state index contributed by atoms with van der Waals surface area (Å²) in [5.41, 5.74) is 2.83. The van der Waals surface area contributed by atoms with E-state index in [9.17, 15) is 0 Å². The van der Waals surface area contributed by atoms with Crippen molar-refractivity contribution in [2.45, 2.75) is 13.3 Å². The number of aryl methyl sites for hydroxylation is 1. The Labute approximate surface area is 86.6 Å². The van der Waals surface area contributed by atoms with Crippen molar-refractivity contribution in [1.29, 1.82) is 0 Å². The number of pyridine rings is 2. The zero-order valence-electron chi connectivity index (χ0n) is 8.38. The number of fused-ring (bicyclic) bond motifs is 3. The normalized spacial score (nSPS) is 11.3. The second-order valence-electron chi connectivity index (χ2n) is 3.39. The highest BCUT2D eigenvalue weighted by Crippen LogP contribution is 2.13. The second kappa shape index (κ2) is 3.02. The monoisotopic (exact) mass is 198 g/mol. The molecule has 0 aromatic carbocycles. The van der Waals surface area contributed by atoms with Crippen LogP contribution in [-0.4, -0.2) is 19.6 Å². The summed E-state index contributed by atoms with van der Waals surface area (Å²) >= 11 is 0. The smallest absolute Gasteiger partial charge is 0.156 e. The van der Waals surface area contributed by atoms with E-state index in [4.69, 9.17) is 0 Å². The van der Waals surface area contributed by atoms with Gasteiger partial charge in [-0.05, 0) is 24.3 Å². The van der Waals surface area contributed by atoms with Crippen LogP contribution in [0.25, 0.3) is 16.7 Å². The van der Waals surface area contributed by atoms with Gasteiger partial charge >= 0.3 is 0 Å². The third kappa shape index (κ3) is 1.18. The van der Waals surface area contributed by atoms with Gasteiger partial charge in [0.25, 0.3) is 0 Å². The van der Waals surface area contributed by atoms with Crippen LogP contribution in [-0.2, 0) is 6.42 Å². The topological polar surface area (TPSA) is 43.1 Å². The molecule has 0 aliphatic rings. The van der Waals surface area contributed by atoms with E-state index in [1.165, 1.54) is 0 Å². The maximum atomic E-state index is 4.42. The molecule has 0 unspecified atom stereocenters. The van der Waals surface area contributed by atoms with E-state index in [1.54, 1.807) is 6.20 Å². The summed E-state index contributed by atoms with van der Waals surface area (Å²) in [4.78, 5) is 8.68. The number of hydrogen-bond acceptors (Lipinski definition) is 3. The van der Waals surface area contributed by atoms with E-state index in [1.807, 2.05) is 28.8 Å². The summed E-state index contributed by atoms with van der Waals surface area (Å²) in [6.07, 6.45) is 2.63. The number of hydrogen-bond donors (Lipinski definition) is 0. The molecule has 0 saturated carbocycles. The molecule has 0 amide bonds. The second-order valence-corrected chi connectivity index (χ2v) is 3.39. The van der Waals surface area contributed by atoms with E-state index in [2.05, 4.69) is 22.0 Å². The lowest BCUT2D eigenvalue weighted by Crippen LogP contribution is -1.91. The first-order valence-electron chi connectivity index (χ1n) is 4.98. The van der Waals surface area contributed by atoms with Gasteiger partial charge in [0.2, 0.25) is 0 Å². The van der Waals surface area contributed by atoms with Crippen LogP contribution in [0.3, 0.4) is 0 Å². The Morgan fingerprint density at radius 1 is 1.27 bits per heavy atom. The molecule has 0 aliphatic heterocycles. The Kier molecular flexibility index (Phi) is 1.68. The highest BCUT2D eigenvalue weighted by atomic mass is 15.3. The molecule has 3 rings (SSSR count). The van der Waals surface area contributed by atoms with E-state index in [-0.39, 0.29) is 0 Å². The van der Waals surface area contributed by atoms with Crippen molar-refractivity contribution in [3.8, 4) is 0 Å². The summed E-state index contributed by atoms with van der Waals surface area (Å²) in [6.45, 7) is 2.05. The fourth-order valence-electron chi connectivity index (χ4n) is 1.67. The molecular formula is C11H10N4. The quantitative estimate of drug-likeness (QED) is 0.599. The molecule has 0 fully saturated rings. The van der Waals surface area contributed by atoms with Crippen LogP contribution in [0.5, 0.6) is 0 Å². The maximum Gasteiger partial charge on any atom is 0.156 e. The summed E-state index contributed by atoms with van der Waals surface area (Å²) in [7, 11) is 0. The minimum Gasteiger partial charge on any atom is -0.255 e. The van der Waals surface area contributed by atoms with Gasteiger partial charge in [-0.3, -0.25) is 4.98 Å². The molecule has 0 bridgehead atoms. The molecule has 4 nitrogen and oxygen atoms in total. The third-order valence-electron chi connectivity index (χ3n) is 2.43. The van der Waals surface area contributed by atoms with Gasteiger partial charge < -0.3 is 0 Å². The Bertz CT molecular complexity index is 627. The third-order valence-corrected chi connectivity index (χ3v) is 2.43. The van der Waals surface area contributed by atoms with Gasteiger partial charge in [-0.2, -0.15) is 5.10 Å². The molecule has 4 heteroatoms. The van der Waals surface area contributed by atoms with Crippen molar-refractivity contribution < 1.29 is 0 Å². The van der Waals surface area contributed by atoms with Crippen LogP contribution < -0.4 is 0 Å². The Hall–Kier alpha value is -1.97. The first-order valence-corrected chi connectivity index (χ1v) is 4.98. The molecule has 74 valence electrons. The summed E-state index contributed by atoms with van der Waals surface area (Å²) in [5, 5.41) is 4.42. The number of aromatic nitrogens is 4. The molecule has 0 N–H and O–H groups in total. The minimum atomic E-state index is 0.851. The van der Waals surface area contributed by atoms with Gasteiger partial charge in [0, 0.05) is 12.6 Å². The standard InChI is InChI=1S/C11H10N4/c1-2-10-13-11-6-5-8-9(15(11)14-10)4-3-7-12-8/h3-7H,2H2,1H3. The fourth-order valence-corrected chi connectivity index (χ4v) is 1.67. The molecule has 0 atom stereocenters. The first-order chi connectivity index (χ1) is 7.38. The Morgan fingerprint density at radius 2 is 2.20 bits per heavy atom. The van der Waals surface area contributed by atoms with Gasteiger partial charge in [0.15, 0.2) is 11.5 Å². The Balaban J connectivity index is 2.47. The van der Waals surface area contributed by atoms with Crippen LogP contribution in [0.4, 0.5) is 0 Å². The molecule has 0 saturated heterocycles. The summed E-state index contributed by atoms with van der Waals surface area (Å²) in [5.74, 6) is 0.867. The highest BCUT2D eigenvalue weighted by molar-refractivity contribution is 5.77. The van der Waals surface area contributed by atoms with Gasteiger partial charge in [-0.15, -0.1) is 0 Å². The molecule has 3 heterocycles. The molecule has 3 aromatic heterocycles. The molecule has 0 radical (unpaired) electrons. The van der Waals surface area contributed by atoms with Crippen molar-refractivity contribution in [3.63, 3.8) is 0 Å². The van der Waals surface area contributed by atoms with E-state index in [0.717, 1.165) is 28.9 Å². The average Bonchev–Trinajstić information content (AvgIpc) is 2.72. The SMILES string of the molecule is CCc1nc2ccc3ncccc3n2n1. The van der Waals surface area contributed by atoms with Crippen molar-refractivity contribution in [3.05, 3.63) is 36.3 Å². The predicted molar refractivity (Wildman–Crippen MR) is 57.7 cm³/mol. The molecule has 3 aromatic rings. The summed E-state index contributed by atoms with van der Waals surface area (Å²) < 4.78 is 1.85. The first kappa shape index (κ1) is 8.35. The minimum absolute atomic E-state index is 0.851. The van der Waals surface area contributed by atoms with Crippen LogP contribution in [0.2, 0.25) is 0 Å². The molecule has 0 spiro atoms. The van der Waals surface area contributed by atoms with Crippen LogP contribution in [0.15, 0.2) is 30.5 Å².